The van der Waals surface area contributed by atoms with Crippen LogP contribution in [0, 0.1) is 11.8 Å². The van der Waals surface area contributed by atoms with Crippen LogP contribution in [0.5, 0.6) is 0 Å². The molecule has 0 saturated carbocycles. The summed E-state index contributed by atoms with van der Waals surface area (Å²) in [5.74, 6) is 1.57. The number of hydrogen-bond acceptors (Lipinski definition) is 1. The minimum atomic E-state index is 0.762. The number of halogens is 1. The van der Waals surface area contributed by atoms with Crippen molar-refractivity contribution in [3.63, 3.8) is 0 Å². The highest BCUT2D eigenvalue weighted by Crippen LogP contribution is 2.38. The molecule has 1 heterocycles. The summed E-state index contributed by atoms with van der Waals surface area (Å²) in [4.78, 5) is 2.50. The summed E-state index contributed by atoms with van der Waals surface area (Å²) >= 11 is 6.12. The van der Waals surface area contributed by atoms with E-state index in [4.69, 9.17) is 11.6 Å². The molecule has 84 valence electrons. The van der Waals surface area contributed by atoms with E-state index in [0.29, 0.717) is 0 Å². The third-order valence-corrected chi connectivity index (χ3v) is 4.11. The lowest BCUT2D eigenvalue weighted by molar-refractivity contribution is 0.407. The minimum Gasteiger partial charge on any atom is -0.371 e. The topological polar surface area (TPSA) is 3.24 Å². The SMILES string of the molecule is ClC1=CC[C@@H]2CN(c3ccccc3)C[C@@H]2C1. The van der Waals surface area contributed by atoms with E-state index in [1.165, 1.54) is 18.8 Å². The Kier molecular flexibility index (Phi) is 2.64. The monoisotopic (exact) mass is 233 g/mol. The van der Waals surface area contributed by atoms with Gasteiger partial charge in [-0.2, -0.15) is 0 Å². The van der Waals surface area contributed by atoms with Crippen LogP contribution in [-0.4, -0.2) is 13.1 Å². The van der Waals surface area contributed by atoms with E-state index >= 15 is 0 Å². The van der Waals surface area contributed by atoms with Gasteiger partial charge in [-0.1, -0.05) is 35.9 Å². The van der Waals surface area contributed by atoms with Gasteiger partial charge in [0.2, 0.25) is 0 Å². The molecule has 0 N–H and O–H groups in total. The number of hydrogen-bond donors (Lipinski definition) is 0. The predicted molar refractivity (Wildman–Crippen MR) is 68.8 cm³/mol. The molecule has 1 fully saturated rings. The maximum atomic E-state index is 6.12. The Bertz CT molecular complexity index is 398. The molecular weight excluding hydrogens is 218 g/mol. The van der Waals surface area contributed by atoms with E-state index in [2.05, 4.69) is 41.3 Å². The van der Waals surface area contributed by atoms with Crippen molar-refractivity contribution < 1.29 is 0 Å². The van der Waals surface area contributed by atoms with Crippen molar-refractivity contribution in [1.29, 1.82) is 0 Å². The fraction of sp³-hybridized carbons (Fsp3) is 0.429. The second-order valence-electron chi connectivity index (χ2n) is 4.85. The highest BCUT2D eigenvalue weighted by Gasteiger charge is 2.34. The van der Waals surface area contributed by atoms with Gasteiger partial charge < -0.3 is 4.90 Å². The van der Waals surface area contributed by atoms with Crippen molar-refractivity contribution in [3.05, 3.63) is 41.4 Å². The Morgan fingerprint density at radius 2 is 1.81 bits per heavy atom. The van der Waals surface area contributed by atoms with E-state index in [1.54, 1.807) is 0 Å². The molecule has 0 amide bonds. The van der Waals surface area contributed by atoms with Gasteiger partial charge >= 0.3 is 0 Å². The molecule has 2 atom stereocenters. The average Bonchev–Trinajstić information content (AvgIpc) is 2.73. The van der Waals surface area contributed by atoms with Gasteiger partial charge in [0.15, 0.2) is 0 Å². The highest BCUT2D eigenvalue weighted by atomic mass is 35.5. The maximum Gasteiger partial charge on any atom is 0.0366 e. The zero-order chi connectivity index (χ0) is 11.0. The summed E-state index contributed by atoms with van der Waals surface area (Å²) in [5.41, 5.74) is 1.35. The molecule has 0 aromatic heterocycles. The molecule has 1 nitrogen and oxygen atoms in total. The Morgan fingerprint density at radius 1 is 1.06 bits per heavy atom. The normalized spacial score (nSPS) is 28.8. The molecule has 0 spiro atoms. The van der Waals surface area contributed by atoms with Gasteiger partial charge in [0.1, 0.15) is 0 Å². The molecule has 2 aliphatic rings. The Hall–Kier alpha value is -0.950. The summed E-state index contributed by atoms with van der Waals surface area (Å²) < 4.78 is 0. The molecule has 16 heavy (non-hydrogen) atoms. The fourth-order valence-electron chi connectivity index (χ4n) is 2.90. The standard InChI is InChI=1S/C14H16ClN/c15-13-7-6-11-9-16(10-12(11)8-13)14-4-2-1-3-5-14/h1-5,7,11-12H,6,8-10H2/t11-,12+/m1/s1. The van der Waals surface area contributed by atoms with Crippen LogP contribution in [0.15, 0.2) is 41.4 Å². The van der Waals surface area contributed by atoms with Crippen LogP contribution < -0.4 is 4.90 Å². The minimum absolute atomic E-state index is 0.762. The summed E-state index contributed by atoms with van der Waals surface area (Å²) in [6.45, 7) is 2.36. The van der Waals surface area contributed by atoms with Crippen LogP contribution in [0.4, 0.5) is 5.69 Å². The number of allylic oxidation sites excluding steroid dienone is 2. The third kappa shape index (κ3) is 1.84. The van der Waals surface area contributed by atoms with E-state index in [1.807, 2.05) is 0 Å². The third-order valence-electron chi connectivity index (χ3n) is 3.80. The van der Waals surface area contributed by atoms with Gasteiger partial charge in [-0.15, -0.1) is 0 Å². The van der Waals surface area contributed by atoms with E-state index < -0.39 is 0 Å². The molecule has 1 aliphatic carbocycles. The first-order valence-corrected chi connectivity index (χ1v) is 6.35. The molecule has 0 radical (unpaired) electrons. The summed E-state index contributed by atoms with van der Waals surface area (Å²) in [6, 6.07) is 10.7. The summed E-state index contributed by atoms with van der Waals surface area (Å²) in [5, 5.41) is 1.07. The molecule has 0 bridgehead atoms. The van der Waals surface area contributed by atoms with Crippen molar-refractivity contribution in [3.8, 4) is 0 Å². The van der Waals surface area contributed by atoms with E-state index in [0.717, 1.165) is 29.7 Å². The lowest BCUT2D eigenvalue weighted by Crippen LogP contribution is -2.19. The summed E-state index contributed by atoms with van der Waals surface area (Å²) in [7, 11) is 0. The highest BCUT2D eigenvalue weighted by molar-refractivity contribution is 6.29. The molecule has 1 saturated heterocycles. The second-order valence-corrected chi connectivity index (χ2v) is 5.34. The van der Waals surface area contributed by atoms with Gasteiger partial charge in [0.05, 0.1) is 0 Å². The second kappa shape index (κ2) is 4.14. The number of rotatable bonds is 1. The Balaban J connectivity index is 1.75. The van der Waals surface area contributed by atoms with Gasteiger partial charge in [0.25, 0.3) is 0 Å². The van der Waals surface area contributed by atoms with Crippen LogP contribution in [-0.2, 0) is 0 Å². The summed E-state index contributed by atoms with van der Waals surface area (Å²) in [6.07, 6.45) is 4.44. The molecule has 3 rings (SSSR count). The lowest BCUT2D eigenvalue weighted by Gasteiger charge is -2.20. The maximum absolute atomic E-state index is 6.12. The number of benzene rings is 1. The Labute approximate surface area is 102 Å². The Morgan fingerprint density at radius 3 is 2.62 bits per heavy atom. The van der Waals surface area contributed by atoms with Crippen LogP contribution >= 0.6 is 11.6 Å². The van der Waals surface area contributed by atoms with Crippen LogP contribution in [0.25, 0.3) is 0 Å². The van der Waals surface area contributed by atoms with Gasteiger partial charge in [-0.05, 0) is 36.8 Å². The van der Waals surface area contributed by atoms with Crippen molar-refractivity contribution in [2.75, 3.05) is 18.0 Å². The predicted octanol–water partition coefficient (Wildman–Crippen LogP) is 3.66. The number of anilines is 1. The van der Waals surface area contributed by atoms with E-state index in [-0.39, 0.29) is 0 Å². The first-order chi connectivity index (χ1) is 7.83. The van der Waals surface area contributed by atoms with Crippen molar-refractivity contribution in [2.24, 2.45) is 11.8 Å². The number of nitrogens with zero attached hydrogens (tertiary/aromatic N) is 1. The molecule has 1 aliphatic heterocycles. The van der Waals surface area contributed by atoms with Gasteiger partial charge in [-0.3, -0.25) is 0 Å². The largest absolute Gasteiger partial charge is 0.371 e. The first kappa shape index (κ1) is 10.2. The van der Waals surface area contributed by atoms with Crippen molar-refractivity contribution in [1.82, 2.24) is 0 Å². The molecule has 2 heteroatoms. The number of fused-ring (bicyclic) bond motifs is 1. The van der Waals surface area contributed by atoms with Crippen molar-refractivity contribution in [2.45, 2.75) is 12.8 Å². The van der Waals surface area contributed by atoms with Gasteiger partial charge in [0, 0.05) is 23.8 Å². The fourth-order valence-corrected chi connectivity index (χ4v) is 3.19. The van der Waals surface area contributed by atoms with E-state index in [9.17, 15) is 0 Å². The van der Waals surface area contributed by atoms with Crippen LogP contribution in [0.3, 0.4) is 0 Å². The quantitative estimate of drug-likeness (QED) is 0.716. The van der Waals surface area contributed by atoms with Gasteiger partial charge in [-0.25, -0.2) is 0 Å². The zero-order valence-electron chi connectivity index (χ0n) is 9.27. The van der Waals surface area contributed by atoms with Crippen LogP contribution in [0.2, 0.25) is 0 Å². The molecule has 0 unspecified atom stereocenters. The lowest BCUT2D eigenvalue weighted by atomic mass is 9.86. The smallest absolute Gasteiger partial charge is 0.0366 e. The molecule has 1 aromatic rings. The van der Waals surface area contributed by atoms with Crippen LogP contribution in [0.1, 0.15) is 12.8 Å². The molecular formula is C14H16ClN. The zero-order valence-corrected chi connectivity index (χ0v) is 10.0. The average molecular weight is 234 g/mol. The number of para-hydroxylation sites is 1. The first-order valence-electron chi connectivity index (χ1n) is 5.97. The van der Waals surface area contributed by atoms with Crippen molar-refractivity contribution >= 4 is 17.3 Å². The molecule has 1 aromatic carbocycles.